The van der Waals surface area contributed by atoms with Crippen molar-refractivity contribution in [1.82, 2.24) is 0 Å². The molecule has 1 aromatic carbocycles. The van der Waals surface area contributed by atoms with E-state index < -0.39 is 0 Å². The highest BCUT2D eigenvalue weighted by atomic mass is 14.3. The monoisotopic (exact) mass is 171 g/mol. The van der Waals surface area contributed by atoms with Gasteiger partial charge in [0.2, 0.25) is 0 Å². The third-order valence-electron chi connectivity index (χ3n) is 2.85. The van der Waals surface area contributed by atoms with Gasteiger partial charge < -0.3 is 0 Å². The lowest BCUT2D eigenvalue weighted by Crippen LogP contribution is -1.90. The molecule has 0 aromatic heterocycles. The van der Waals surface area contributed by atoms with Crippen LogP contribution in [0.15, 0.2) is 18.2 Å². The summed E-state index contributed by atoms with van der Waals surface area (Å²) in [5, 5.41) is 8.93. The minimum absolute atomic E-state index is 0.154. The number of nitriles is 1. The topological polar surface area (TPSA) is 23.8 Å². The number of nitrogens with zero attached hydrogens (tertiary/aromatic N) is 1. The third-order valence-corrected chi connectivity index (χ3v) is 2.85. The maximum atomic E-state index is 8.93. The van der Waals surface area contributed by atoms with Gasteiger partial charge in [-0.1, -0.05) is 25.1 Å². The van der Waals surface area contributed by atoms with Crippen molar-refractivity contribution in [2.75, 3.05) is 0 Å². The first-order valence-corrected chi connectivity index (χ1v) is 4.86. The van der Waals surface area contributed by atoms with Gasteiger partial charge in [0.15, 0.2) is 0 Å². The molecule has 0 spiro atoms. The predicted molar refractivity (Wildman–Crippen MR) is 52.5 cm³/mol. The van der Waals surface area contributed by atoms with E-state index in [0.717, 1.165) is 19.3 Å². The van der Waals surface area contributed by atoms with Crippen molar-refractivity contribution in [3.63, 3.8) is 0 Å². The minimum atomic E-state index is 0.154. The summed E-state index contributed by atoms with van der Waals surface area (Å²) < 4.78 is 0. The maximum Gasteiger partial charge on any atom is 0.0718 e. The van der Waals surface area contributed by atoms with Gasteiger partial charge in [-0.3, -0.25) is 0 Å². The smallest absolute Gasteiger partial charge is 0.0718 e. The van der Waals surface area contributed by atoms with Crippen molar-refractivity contribution < 1.29 is 0 Å². The van der Waals surface area contributed by atoms with Crippen LogP contribution < -0.4 is 0 Å². The molecule has 0 saturated heterocycles. The van der Waals surface area contributed by atoms with E-state index in [-0.39, 0.29) is 5.92 Å². The fraction of sp³-hybridized carbons (Fsp3) is 0.417. The molecule has 1 atom stereocenters. The first kappa shape index (κ1) is 8.31. The van der Waals surface area contributed by atoms with Gasteiger partial charge in [0.1, 0.15) is 0 Å². The van der Waals surface area contributed by atoms with Gasteiger partial charge in [0, 0.05) is 0 Å². The summed E-state index contributed by atoms with van der Waals surface area (Å²) in [6.07, 6.45) is 3.15. The highest BCUT2D eigenvalue weighted by Crippen LogP contribution is 2.33. The van der Waals surface area contributed by atoms with E-state index in [1.165, 1.54) is 16.7 Å². The second-order valence-electron chi connectivity index (χ2n) is 3.61. The molecule has 1 unspecified atom stereocenters. The Hall–Kier alpha value is -1.29. The van der Waals surface area contributed by atoms with Crippen LogP contribution in [0.1, 0.15) is 36.0 Å². The quantitative estimate of drug-likeness (QED) is 0.637. The summed E-state index contributed by atoms with van der Waals surface area (Å²) in [7, 11) is 0. The first-order valence-electron chi connectivity index (χ1n) is 4.86. The van der Waals surface area contributed by atoms with Crippen molar-refractivity contribution in [3.8, 4) is 6.07 Å². The highest BCUT2D eigenvalue weighted by Gasteiger charge is 2.21. The third kappa shape index (κ3) is 1.33. The molecule has 2 rings (SSSR count). The van der Waals surface area contributed by atoms with Crippen molar-refractivity contribution >= 4 is 0 Å². The molecular weight excluding hydrogens is 158 g/mol. The Bertz CT molecular complexity index is 360. The van der Waals surface area contributed by atoms with Crippen LogP contribution >= 0.6 is 0 Å². The minimum Gasteiger partial charge on any atom is -0.198 e. The summed E-state index contributed by atoms with van der Waals surface area (Å²) >= 11 is 0. The Morgan fingerprint density at radius 1 is 1.54 bits per heavy atom. The largest absolute Gasteiger partial charge is 0.198 e. The fourth-order valence-electron chi connectivity index (χ4n) is 2.01. The Balaban J connectivity index is 2.44. The zero-order valence-corrected chi connectivity index (χ0v) is 7.88. The molecule has 0 amide bonds. The van der Waals surface area contributed by atoms with E-state index in [1.54, 1.807) is 0 Å². The summed E-state index contributed by atoms with van der Waals surface area (Å²) in [4.78, 5) is 0. The van der Waals surface area contributed by atoms with E-state index in [9.17, 15) is 0 Å². The number of benzene rings is 1. The number of fused-ring (bicyclic) bond motifs is 1. The second-order valence-corrected chi connectivity index (χ2v) is 3.61. The molecular formula is C12H13N. The van der Waals surface area contributed by atoms with Crippen LogP contribution in [0, 0.1) is 11.3 Å². The van der Waals surface area contributed by atoms with Gasteiger partial charge in [-0.2, -0.15) is 5.26 Å². The van der Waals surface area contributed by atoms with Crippen LogP contribution in [0.5, 0.6) is 0 Å². The molecule has 0 saturated carbocycles. The van der Waals surface area contributed by atoms with Crippen molar-refractivity contribution in [2.24, 2.45) is 0 Å². The first-order chi connectivity index (χ1) is 6.35. The molecule has 0 fully saturated rings. The lowest BCUT2D eigenvalue weighted by molar-refractivity contribution is 0.825. The van der Waals surface area contributed by atoms with Crippen LogP contribution in [0.4, 0.5) is 0 Å². The maximum absolute atomic E-state index is 8.93. The van der Waals surface area contributed by atoms with E-state index in [1.807, 2.05) is 0 Å². The molecule has 13 heavy (non-hydrogen) atoms. The molecule has 0 N–H and O–H groups in total. The zero-order valence-electron chi connectivity index (χ0n) is 7.88. The lowest BCUT2D eigenvalue weighted by Gasteiger charge is -2.04. The number of hydrogen-bond acceptors (Lipinski definition) is 1. The number of hydrogen-bond donors (Lipinski definition) is 0. The van der Waals surface area contributed by atoms with E-state index >= 15 is 0 Å². The molecule has 1 aromatic rings. The van der Waals surface area contributed by atoms with Gasteiger partial charge >= 0.3 is 0 Å². The van der Waals surface area contributed by atoms with Crippen LogP contribution in [-0.4, -0.2) is 0 Å². The average Bonchev–Trinajstić information content (AvgIpc) is 2.59. The van der Waals surface area contributed by atoms with Crippen molar-refractivity contribution in [2.45, 2.75) is 32.1 Å². The van der Waals surface area contributed by atoms with Crippen LogP contribution in [0.25, 0.3) is 0 Å². The molecule has 1 nitrogen and oxygen atoms in total. The summed E-state index contributed by atoms with van der Waals surface area (Å²) in [5.74, 6) is 0.154. The standard InChI is InChI=1S/C12H13N/c1-2-9-3-4-10-5-6-11(8-13)12(10)7-9/h3-4,7,11H,2,5-6H2,1H3. The molecule has 1 aliphatic rings. The number of aryl methyl sites for hydroxylation is 2. The van der Waals surface area contributed by atoms with Gasteiger partial charge in [-0.15, -0.1) is 0 Å². The van der Waals surface area contributed by atoms with Crippen LogP contribution in [0.3, 0.4) is 0 Å². The average molecular weight is 171 g/mol. The van der Waals surface area contributed by atoms with Crippen LogP contribution in [-0.2, 0) is 12.8 Å². The summed E-state index contributed by atoms with van der Waals surface area (Å²) in [6, 6.07) is 8.94. The molecule has 66 valence electrons. The zero-order chi connectivity index (χ0) is 9.26. The summed E-state index contributed by atoms with van der Waals surface area (Å²) in [5.41, 5.74) is 4.01. The molecule has 1 aliphatic carbocycles. The van der Waals surface area contributed by atoms with Gasteiger partial charge in [0.25, 0.3) is 0 Å². The SMILES string of the molecule is CCc1ccc2c(c1)C(C#N)CC2. The highest BCUT2D eigenvalue weighted by molar-refractivity contribution is 5.41. The molecule has 0 aliphatic heterocycles. The number of rotatable bonds is 1. The van der Waals surface area contributed by atoms with E-state index in [4.69, 9.17) is 5.26 Å². The van der Waals surface area contributed by atoms with E-state index in [0.29, 0.717) is 0 Å². The molecule has 0 bridgehead atoms. The van der Waals surface area contributed by atoms with Gasteiger partial charge in [-0.25, -0.2) is 0 Å². The molecule has 1 heteroatoms. The Morgan fingerprint density at radius 2 is 2.38 bits per heavy atom. The second kappa shape index (κ2) is 3.22. The lowest BCUT2D eigenvalue weighted by atomic mass is 9.99. The molecule has 0 heterocycles. The van der Waals surface area contributed by atoms with E-state index in [2.05, 4.69) is 31.2 Å². The van der Waals surface area contributed by atoms with Crippen molar-refractivity contribution in [1.29, 1.82) is 5.26 Å². The van der Waals surface area contributed by atoms with Crippen molar-refractivity contribution in [3.05, 3.63) is 34.9 Å². The normalized spacial score (nSPS) is 19.5. The van der Waals surface area contributed by atoms with Gasteiger partial charge in [-0.05, 0) is 36.0 Å². The Morgan fingerprint density at radius 3 is 3.08 bits per heavy atom. The summed E-state index contributed by atoms with van der Waals surface area (Å²) in [6.45, 7) is 2.15. The molecule has 0 radical (unpaired) electrons. The van der Waals surface area contributed by atoms with Crippen LogP contribution in [0.2, 0.25) is 0 Å². The fourth-order valence-corrected chi connectivity index (χ4v) is 2.01. The predicted octanol–water partition coefficient (Wildman–Crippen LogP) is 2.80. The Labute approximate surface area is 79.0 Å². The Kier molecular flexibility index (Phi) is 2.06. The van der Waals surface area contributed by atoms with Gasteiger partial charge in [0.05, 0.1) is 12.0 Å².